The molecule has 0 saturated carbocycles. The van der Waals surface area contributed by atoms with Crippen LogP contribution >= 0.6 is 23.4 Å². The van der Waals surface area contributed by atoms with Crippen molar-refractivity contribution in [2.45, 2.75) is 11.3 Å². The van der Waals surface area contributed by atoms with Crippen LogP contribution in [0.1, 0.15) is 12.0 Å². The third kappa shape index (κ3) is 5.16. The van der Waals surface area contributed by atoms with Crippen molar-refractivity contribution in [2.75, 3.05) is 31.7 Å². The van der Waals surface area contributed by atoms with Gasteiger partial charge in [-0.2, -0.15) is 0 Å². The van der Waals surface area contributed by atoms with Crippen LogP contribution in [0.3, 0.4) is 0 Å². The molecule has 1 heterocycles. The molecule has 0 bridgehead atoms. The summed E-state index contributed by atoms with van der Waals surface area (Å²) in [5.41, 5.74) is 1.63. The molecule has 0 radical (unpaired) electrons. The quantitative estimate of drug-likeness (QED) is 0.548. The van der Waals surface area contributed by atoms with E-state index in [0.717, 1.165) is 22.6 Å². The van der Waals surface area contributed by atoms with Gasteiger partial charge in [0.05, 0.1) is 10.6 Å². The molecule has 0 aromatic heterocycles. The van der Waals surface area contributed by atoms with Gasteiger partial charge in [-0.05, 0) is 42.3 Å². The summed E-state index contributed by atoms with van der Waals surface area (Å²) in [5, 5.41) is 3.47. The highest BCUT2D eigenvalue weighted by Crippen LogP contribution is 2.41. The number of halogens is 1. The van der Waals surface area contributed by atoms with Crippen molar-refractivity contribution in [3.05, 3.63) is 64.0 Å². The molecular formula is C21H21ClN2O3S. The zero-order valence-electron chi connectivity index (χ0n) is 15.5. The molecule has 5 nitrogen and oxygen atoms in total. The number of hydrogen-bond acceptors (Lipinski definition) is 4. The van der Waals surface area contributed by atoms with E-state index < -0.39 is 0 Å². The summed E-state index contributed by atoms with van der Waals surface area (Å²) < 4.78 is 4.98. The van der Waals surface area contributed by atoms with Crippen LogP contribution in [0.25, 0.3) is 6.08 Å². The Morgan fingerprint density at radius 1 is 1.21 bits per heavy atom. The Hall–Kier alpha value is -2.28. The lowest BCUT2D eigenvalue weighted by Crippen LogP contribution is -2.43. The number of fused-ring (bicyclic) bond motifs is 1. The average molecular weight is 417 g/mol. The molecule has 0 spiro atoms. The van der Waals surface area contributed by atoms with Crippen LogP contribution in [0, 0.1) is 0 Å². The van der Waals surface area contributed by atoms with Gasteiger partial charge >= 0.3 is 0 Å². The Labute approximate surface area is 173 Å². The summed E-state index contributed by atoms with van der Waals surface area (Å²) in [7, 11) is 1.62. The topological polar surface area (TPSA) is 58.6 Å². The van der Waals surface area contributed by atoms with E-state index in [2.05, 4.69) is 5.32 Å². The maximum atomic E-state index is 13.1. The van der Waals surface area contributed by atoms with Crippen molar-refractivity contribution in [1.29, 1.82) is 0 Å². The molecule has 1 N–H and O–H groups in total. The number of hydrogen-bond donors (Lipinski definition) is 1. The SMILES string of the molecule is COCCCNC(=O)CN1C(=O)/C(=C/c2ccc(Cl)cc2)Sc2ccccc21. The summed E-state index contributed by atoms with van der Waals surface area (Å²) in [5.74, 6) is -0.386. The summed E-state index contributed by atoms with van der Waals surface area (Å²) in [4.78, 5) is 28.5. The summed E-state index contributed by atoms with van der Waals surface area (Å²) >= 11 is 7.35. The Morgan fingerprint density at radius 2 is 1.96 bits per heavy atom. The van der Waals surface area contributed by atoms with Crippen LogP contribution in [-0.4, -0.2) is 38.6 Å². The average Bonchev–Trinajstić information content (AvgIpc) is 2.70. The highest BCUT2D eigenvalue weighted by Gasteiger charge is 2.30. The highest BCUT2D eigenvalue weighted by molar-refractivity contribution is 8.04. The second-order valence-corrected chi connectivity index (χ2v) is 7.74. The Kier molecular flexibility index (Phi) is 7.14. The molecular weight excluding hydrogens is 396 g/mol. The zero-order chi connectivity index (χ0) is 19.9. The fourth-order valence-electron chi connectivity index (χ4n) is 2.77. The number of benzene rings is 2. The van der Waals surface area contributed by atoms with E-state index >= 15 is 0 Å². The van der Waals surface area contributed by atoms with Crippen LogP contribution < -0.4 is 10.2 Å². The number of anilines is 1. The summed E-state index contributed by atoms with van der Waals surface area (Å²) in [6.07, 6.45) is 2.55. The zero-order valence-corrected chi connectivity index (χ0v) is 17.1. The number of carbonyl (C=O) groups is 2. The van der Waals surface area contributed by atoms with Crippen molar-refractivity contribution in [3.63, 3.8) is 0 Å². The van der Waals surface area contributed by atoms with Gasteiger partial charge in [0.1, 0.15) is 6.54 Å². The maximum Gasteiger partial charge on any atom is 0.265 e. The van der Waals surface area contributed by atoms with Crippen molar-refractivity contribution in [1.82, 2.24) is 5.32 Å². The number of methoxy groups -OCH3 is 1. The van der Waals surface area contributed by atoms with Crippen LogP contribution in [-0.2, 0) is 14.3 Å². The molecule has 0 unspecified atom stereocenters. The van der Waals surface area contributed by atoms with Gasteiger partial charge in [-0.15, -0.1) is 0 Å². The number of para-hydroxylation sites is 1. The Bertz CT molecular complexity index is 883. The van der Waals surface area contributed by atoms with E-state index in [0.29, 0.717) is 23.1 Å². The first kappa shape index (κ1) is 20.5. The van der Waals surface area contributed by atoms with Gasteiger partial charge in [-0.3, -0.25) is 14.5 Å². The largest absolute Gasteiger partial charge is 0.385 e. The minimum atomic E-state index is -0.197. The predicted octanol–water partition coefficient (Wildman–Crippen LogP) is 3.97. The second-order valence-electron chi connectivity index (χ2n) is 6.22. The van der Waals surface area contributed by atoms with E-state index in [1.807, 2.05) is 42.5 Å². The van der Waals surface area contributed by atoms with E-state index in [9.17, 15) is 9.59 Å². The van der Waals surface area contributed by atoms with Crippen molar-refractivity contribution in [2.24, 2.45) is 0 Å². The molecule has 2 aromatic carbocycles. The third-order valence-corrected chi connectivity index (χ3v) is 5.48. The normalized spacial score (nSPS) is 14.9. The molecule has 0 aliphatic carbocycles. The monoisotopic (exact) mass is 416 g/mol. The van der Waals surface area contributed by atoms with Crippen LogP contribution in [0.2, 0.25) is 5.02 Å². The van der Waals surface area contributed by atoms with Gasteiger partial charge in [0.25, 0.3) is 5.91 Å². The molecule has 0 fully saturated rings. The van der Waals surface area contributed by atoms with E-state index in [1.54, 1.807) is 19.2 Å². The number of rotatable bonds is 7. The lowest BCUT2D eigenvalue weighted by molar-refractivity contribution is -0.122. The van der Waals surface area contributed by atoms with Crippen molar-refractivity contribution < 1.29 is 14.3 Å². The molecule has 0 atom stereocenters. The standard InChI is InChI=1S/C21H21ClN2O3S/c1-27-12-4-11-23-20(25)14-24-17-5-2-3-6-18(17)28-19(21(24)26)13-15-7-9-16(22)10-8-15/h2-3,5-10,13H,4,11-12,14H2,1H3,(H,23,25)/b19-13-. The molecule has 1 aliphatic rings. The Morgan fingerprint density at radius 3 is 2.71 bits per heavy atom. The van der Waals surface area contributed by atoms with Crippen LogP contribution in [0.4, 0.5) is 5.69 Å². The van der Waals surface area contributed by atoms with Gasteiger partial charge < -0.3 is 10.1 Å². The van der Waals surface area contributed by atoms with E-state index in [-0.39, 0.29) is 18.4 Å². The van der Waals surface area contributed by atoms with Crippen molar-refractivity contribution >= 4 is 46.9 Å². The van der Waals surface area contributed by atoms with Gasteiger partial charge in [0.15, 0.2) is 0 Å². The molecule has 28 heavy (non-hydrogen) atoms. The van der Waals surface area contributed by atoms with E-state index in [4.69, 9.17) is 16.3 Å². The lowest BCUT2D eigenvalue weighted by Gasteiger charge is -2.29. The first-order chi connectivity index (χ1) is 13.6. The number of thioether (sulfide) groups is 1. The molecule has 1 aliphatic heterocycles. The highest BCUT2D eigenvalue weighted by atomic mass is 35.5. The van der Waals surface area contributed by atoms with E-state index in [1.165, 1.54) is 16.7 Å². The molecule has 0 saturated heterocycles. The van der Waals surface area contributed by atoms with Crippen LogP contribution in [0.15, 0.2) is 58.3 Å². The Balaban J connectivity index is 1.81. The van der Waals surface area contributed by atoms with Crippen molar-refractivity contribution in [3.8, 4) is 0 Å². The lowest BCUT2D eigenvalue weighted by atomic mass is 10.2. The number of amides is 2. The fourth-order valence-corrected chi connectivity index (χ4v) is 3.96. The minimum absolute atomic E-state index is 0.0264. The minimum Gasteiger partial charge on any atom is -0.385 e. The fraction of sp³-hybridized carbons (Fsp3) is 0.238. The maximum absolute atomic E-state index is 13.1. The molecule has 2 amide bonds. The number of nitrogens with zero attached hydrogens (tertiary/aromatic N) is 1. The second kappa shape index (κ2) is 9.78. The number of nitrogens with one attached hydrogen (secondary N) is 1. The summed E-state index contributed by atoms with van der Waals surface area (Å²) in [6.45, 7) is 1.07. The molecule has 146 valence electrons. The first-order valence-electron chi connectivity index (χ1n) is 8.90. The van der Waals surface area contributed by atoms with Gasteiger partial charge in [0, 0.05) is 30.2 Å². The van der Waals surface area contributed by atoms with Crippen LogP contribution in [0.5, 0.6) is 0 Å². The van der Waals surface area contributed by atoms with Gasteiger partial charge in [0.2, 0.25) is 5.91 Å². The first-order valence-corrected chi connectivity index (χ1v) is 10.1. The number of ether oxygens (including phenoxy) is 1. The van der Waals surface area contributed by atoms with Gasteiger partial charge in [-0.1, -0.05) is 47.6 Å². The predicted molar refractivity (Wildman–Crippen MR) is 114 cm³/mol. The molecule has 3 rings (SSSR count). The van der Waals surface area contributed by atoms with Gasteiger partial charge in [-0.25, -0.2) is 0 Å². The smallest absolute Gasteiger partial charge is 0.265 e. The summed E-state index contributed by atoms with van der Waals surface area (Å²) in [6, 6.07) is 14.9. The third-order valence-electron chi connectivity index (χ3n) is 4.15. The molecule has 2 aromatic rings. The number of carbonyl (C=O) groups excluding carboxylic acids is 2. The molecule has 7 heteroatoms.